The van der Waals surface area contributed by atoms with Crippen LogP contribution in [-0.2, 0) is 4.79 Å². The second kappa shape index (κ2) is 8.37. The first-order valence-corrected chi connectivity index (χ1v) is 9.25. The first-order valence-electron chi connectivity index (χ1n) is 9.25. The monoisotopic (exact) mass is 347 g/mol. The molecule has 1 aliphatic heterocycles. The highest BCUT2D eigenvalue weighted by Gasteiger charge is 2.40. The van der Waals surface area contributed by atoms with Gasteiger partial charge in [0.15, 0.2) is 5.60 Å². The molecular weight excluding hydrogens is 318 g/mol. The van der Waals surface area contributed by atoms with Crippen molar-refractivity contribution in [2.45, 2.75) is 71.3 Å². The van der Waals surface area contributed by atoms with E-state index in [9.17, 15) is 9.59 Å². The SMILES string of the molecule is CCCCCCCCCN1C(=O)C(C)(C)Oc2cc(C(=O)O)ccc21. The lowest BCUT2D eigenvalue weighted by Crippen LogP contribution is -2.52. The number of hydrogen-bond donors (Lipinski definition) is 1. The summed E-state index contributed by atoms with van der Waals surface area (Å²) in [5.41, 5.74) is -0.147. The molecule has 0 aliphatic carbocycles. The topological polar surface area (TPSA) is 66.8 Å². The second-order valence-electron chi connectivity index (χ2n) is 7.18. The number of hydrogen-bond acceptors (Lipinski definition) is 3. The third-order valence-corrected chi connectivity index (χ3v) is 4.61. The molecule has 0 saturated carbocycles. The molecule has 5 nitrogen and oxygen atoms in total. The summed E-state index contributed by atoms with van der Waals surface area (Å²) in [5.74, 6) is -0.610. The van der Waals surface area contributed by atoms with Crippen LogP contribution in [0.25, 0.3) is 0 Å². The number of amides is 1. The first kappa shape index (κ1) is 19.3. The molecule has 1 aromatic rings. The van der Waals surface area contributed by atoms with Gasteiger partial charge in [0.1, 0.15) is 5.75 Å². The summed E-state index contributed by atoms with van der Waals surface area (Å²) in [6.07, 6.45) is 8.27. The zero-order valence-electron chi connectivity index (χ0n) is 15.5. The molecule has 5 heteroatoms. The lowest BCUT2D eigenvalue weighted by molar-refractivity contribution is -0.132. The van der Waals surface area contributed by atoms with Crippen molar-refractivity contribution >= 4 is 17.6 Å². The molecule has 1 heterocycles. The minimum Gasteiger partial charge on any atom is -0.478 e. The van der Waals surface area contributed by atoms with Crippen molar-refractivity contribution in [1.29, 1.82) is 0 Å². The quantitative estimate of drug-likeness (QED) is 0.661. The lowest BCUT2D eigenvalue weighted by atomic mass is 10.0. The van der Waals surface area contributed by atoms with Gasteiger partial charge >= 0.3 is 5.97 Å². The number of aromatic carboxylic acids is 1. The summed E-state index contributed by atoms with van der Waals surface area (Å²) < 4.78 is 5.77. The van der Waals surface area contributed by atoms with E-state index in [1.165, 1.54) is 44.2 Å². The summed E-state index contributed by atoms with van der Waals surface area (Å²) >= 11 is 0. The molecule has 0 bridgehead atoms. The molecule has 0 aromatic heterocycles. The Labute approximate surface area is 150 Å². The average molecular weight is 347 g/mol. The van der Waals surface area contributed by atoms with Crippen LogP contribution >= 0.6 is 0 Å². The maximum absolute atomic E-state index is 12.7. The Hall–Kier alpha value is -2.04. The van der Waals surface area contributed by atoms with E-state index >= 15 is 0 Å². The molecular formula is C20H29NO4. The third-order valence-electron chi connectivity index (χ3n) is 4.61. The number of benzene rings is 1. The van der Waals surface area contributed by atoms with Crippen molar-refractivity contribution in [3.8, 4) is 5.75 Å². The lowest BCUT2D eigenvalue weighted by Gasteiger charge is -2.39. The molecule has 0 spiro atoms. The van der Waals surface area contributed by atoms with E-state index in [2.05, 4.69) is 6.92 Å². The van der Waals surface area contributed by atoms with Crippen LogP contribution in [0.15, 0.2) is 18.2 Å². The molecule has 138 valence electrons. The molecule has 0 unspecified atom stereocenters. The van der Waals surface area contributed by atoms with Gasteiger partial charge in [-0.1, -0.05) is 45.4 Å². The summed E-state index contributed by atoms with van der Waals surface area (Å²) in [7, 11) is 0. The van der Waals surface area contributed by atoms with Crippen LogP contribution in [0.5, 0.6) is 5.75 Å². The molecule has 0 saturated heterocycles. The number of carboxylic acid groups (broad SMARTS) is 1. The number of fused-ring (bicyclic) bond motifs is 1. The van der Waals surface area contributed by atoms with Crippen LogP contribution < -0.4 is 9.64 Å². The van der Waals surface area contributed by atoms with E-state index < -0.39 is 11.6 Å². The average Bonchev–Trinajstić information content (AvgIpc) is 2.56. The zero-order valence-corrected chi connectivity index (χ0v) is 15.5. The number of ether oxygens (including phenoxy) is 1. The number of carbonyl (C=O) groups excluding carboxylic acids is 1. The fourth-order valence-electron chi connectivity index (χ4n) is 3.15. The molecule has 1 amide bonds. The van der Waals surface area contributed by atoms with Crippen molar-refractivity contribution < 1.29 is 19.4 Å². The van der Waals surface area contributed by atoms with Crippen LogP contribution in [0.4, 0.5) is 5.69 Å². The van der Waals surface area contributed by atoms with Crippen LogP contribution in [-0.4, -0.2) is 29.1 Å². The van der Waals surface area contributed by atoms with E-state index in [4.69, 9.17) is 9.84 Å². The van der Waals surface area contributed by atoms with Gasteiger partial charge in [0, 0.05) is 6.54 Å². The van der Waals surface area contributed by atoms with Crippen LogP contribution in [0.1, 0.15) is 76.1 Å². The number of unbranched alkanes of at least 4 members (excludes halogenated alkanes) is 6. The van der Waals surface area contributed by atoms with Crippen molar-refractivity contribution in [2.75, 3.05) is 11.4 Å². The van der Waals surface area contributed by atoms with Crippen molar-refractivity contribution in [1.82, 2.24) is 0 Å². The molecule has 25 heavy (non-hydrogen) atoms. The van der Waals surface area contributed by atoms with Gasteiger partial charge in [0.2, 0.25) is 0 Å². The summed E-state index contributed by atoms with van der Waals surface area (Å²) in [5, 5.41) is 9.16. The number of anilines is 1. The summed E-state index contributed by atoms with van der Waals surface area (Å²) in [6, 6.07) is 4.70. The highest BCUT2D eigenvalue weighted by Crippen LogP contribution is 2.38. The Kier molecular flexibility index (Phi) is 6.45. The van der Waals surface area contributed by atoms with Crippen LogP contribution in [0.2, 0.25) is 0 Å². The first-order chi connectivity index (χ1) is 11.9. The van der Waals surface area contributed by atoms with Gasteiger partial charge in [-0.3, -0.25) is 4.79 Å². The van der Waals surface area contributed by atoms with Crippen molar-refractivity contribution in [3.63, 3.8) is 0 Å². The largest absolute Gasteiger partial charge is 0.478 e. The standard InChI is InChI=1S/C20H29NO4/c1-4-5-6-7-8-9-10-13-21-16-12-11-15(18(22)23)14-17(16)25-20(2,3)19(21)24/h11-12,14H,4-10,13H2,1-3H3,(H,22,23). The van der Waals surface area contributed by atoms with Gasteiger partial charge in [-0.15, -0.1) is 0 Å². The Morgan fingerprint density at radius 2 is 1.76 bits per heavy atom. The normalized spacial score (nSPS) is 15.6. The minimum absolute atomic E-state index is 0.0749. The van der Waals surface area contributed by atoms with Crippen molar-refractivity contribution in [2.24, 2.45) is 0 Å². The Balaban J connectivity index is 2.04. The Morgan fingerprint density at radius 3 is 2.40 bits per heavy atom. The molecule has 2 rings (SSSR count). The fraction of sp³-hybridized carbons (Fsp3) is 0.600. The zero-order chi connectivity index (χ0) is 18.4. The molecule has 1 aliphatic rings. The predicted molar refractivity (Wildman–Crippen MR) is 98.5 cm³/mol. The van der Waals surface area contributed by atoms with Gasteiger partial charge in [-0.2, -0.15) is 0 Å². The van der Waals surface area contributed by atoms with E-state index in [0.29, 0.717) is 18.0 Å². The molecule has 0 radical (unpaired) electrons. The maximum Gasteiger partial charge on any atom is 0.335 e. The van der Waals surface area contributed by atoms with Gasteiger partial charge in [0.05, 0.1) is 11.3 Å². The second-order valence-corrected chi connectivity index (χ2v) is 7.18. The molecule has 0 atom stereocenters. The van der Waals surface area contributed by atoms with E-state index in [0.717, 1.165) is 12.8 Å². The smallest absolute Gasteiger partial charge is 0.335 e. The maximum atomic E-state index is 12.7. The van der Waals surface area contributed by atoms with Crippen LogP contribution in [0.3, 0.4) is 0 Å². The highest BCUT2D eigenvalue weighted by atomic mass is 16.5. The number of rotatable bonds is 9. The highest BCUT2D eigenvalue weighted by molar-refractivity contribution is 6.03. The number of carboxylic acids is 1. The van der Waals surface area contributed by atoms with Gasteiger partial charge in [-0.25, -0.2) is 4.79 Å². The Bertz CT molecular complexity index is 624. The van der Waals surface area contributed by atoms with Crippen LogP contribution in [0, 0.1) is 0 Å². The summed E-state index contributed by atoms with van der Waals surface area (Å²) in [4.78, 5) is 25.6. The minimum atomic E-state index is -1.00. The molecule has 0 fully saturated rings. The third kappa shape index (κ3) is 4.74. The van der Waals surface area contributed by atoms with E-state index in [-0.39, 0.29) is 11.5 Å². The van der Waals surface area contributed by atoms with Gasteiger partial charge < -0.3 is 14.7 Å². The number of nitrogens with zero attached hydrogens (tertiary/aromatic N) is 1. The summed E-state index contributed by atoms with van der Waals surface area (Å²) in [6.45, 7) is 6.30. The predicted octanol–water partition coefficient (Wildman–Crippen LogP) is 4.64. The van der Waals surface area contributed by atoms with Gasteiger partial charge in [-0.05, 0) is 38.5 Å². The van der Waals surface area contributed by atoms with Crippen molar-refractivity contribution in [3.05, 3.63) is 23.8 Å². The van der Waals surface area contributed by atoms with Gasteiger partial charge in [0.25, 0.3) is 5.91 Å². The van der Waals surface area contributed by atoms with E-state index in [1.807, 2.05) is 0 Å². The van der Waals surface area contributed by atoms with E-state index in [1.54, 1.807) is 24.8 Å². The Morgan fingerprint density at radius 1 is 1.12 bits per heavy atom. The fourth-order valence-corrected chi connectivity index (χ4v) is 3.15. The molecule has 1 aromatic carbocycles. The number of carbonyl (C=O) groups is 2. The molecule has 1 N–H and O–H groups in total.